The number of thiocarbonyl (C=S) groups is 1. The Labute approximate surface area is 113 Å². The lowest BCUT2D eigenvalue weighted by Gasteiger charge is -2.09. The predicted molar refractivity (Wildman–Crippen MR) is 76.8 cm³/mol. The van der Waals surface area contributed by atoms with Crippen molar-refractivity contribution >= 4 is 45.1 Å². The SMILES string of the molecule is CS(=O)CCCCNC(=S)SCC(N)C(=O)O. The van der Waals surface area contributed by atoms with Crippen LogP contribution in [0.3, 0.4) is 0 Å². The van der Waals surface area contributed by atoms with Crippen LogP contribution in [0, 0.1) is 0 Å². The van der Waals surface area contributed by atoms with Crippen LogP contribution < -0.4 is 11.1 Å². The predicted octanol–water partition coefficient (Wildman–Crippen LogP) is 0.165. The lowest BCUT2D eigenvalue weighted by Crippen LogP contribution is -2.34. The van der Waals surface area contributed by atoms with Crippen LogP contribution in [0.15, 0.2) is 0 Å². The molecular weight excluding hydrogens is 280 g/mol. The number of hydrogen-bond donors (Lipinski definition) is 3. The van der Waals surface area contributed by atoms with Crippen molar-refractivity contribution in [1.29, 1.82) is 0 Å². The van der Waals surface area contributed by atoms with Crippen molar-refractivity contribution in [2.24, 2.45) is 5.73 Å². The van der Waals surface area contributed by atoms with Gasteiger partial charge in [-0.3, -0.25) is 9.00 Å². The highest BCUT2D eigenvalue weighted by molar-refractivity contribution is 8.23. The third-order valence-electron chi connectivity index (χ3n) is 1.84. The molecule has 0 heterocycles. The minimum atomic E-state index is -1.02. The zero-order valence-electron chi connectivity index (χ0n) is 9.68. The van der Waals surface area contributed by atoms with Gasteiger partial charge in [0.25, 0.3) is 0 Å². The van der Waals surface area contributed by atoms with Crippen LogP contribution in [0.5, 0.6) is 0 Å². The largest absolute Gasteiger partial charge is 0.480 e. The van der Waals surface area contributed by atoms with Crippen LogP contribution >= 0.6 is 24.0 Å². The Hall–Kier alpha value is -0.180. The standard InChI is InChI=1S/C9H18N2O3S3/c1-17(14)5-3-2-4-11-9(15)16-6-7(10)8(12)13/h7H,2-6,10H2,1H3,(H,11,15)(H,12,13). The van der Waals surface area contributed by atoms with Crippen LogP contribution in [-0.4, -0.2) is 50.0 Å². The molecule has 0 amide bonds. The average molecular weight is 298 g/mol. The monoisotopic (exact) mass is 298 g/mol. The number of aliphatic carboxylic acids is 1. The van der Waals surface area contributed by atoms with Gasteiger partial charge in [0.05, 0.1) is 0 Å². The summed E-state index contributed by atoms with van der Waals surface area (Å²) >= 11 is 6.24. The van der Waals surface area contributed by atoms with Crippen molar-refractivity contribution in [1.82, 2.24) is 5.32 Å². The molecule has 0 rings (SSSR count). The average Bonchev–Trinajstić information content (AvgIpc) is 2.24. The van der Waals surface area contributed by atoms with Gasteiger partial charge in [0.15, 0.2) is 0 Å². The first-order valence-corrected chi connectivity index (χ1v) is 8.24. The van der Waals surface area contributed by atoms with E-state index < -0.39 is 22.8 Å². The third kappa shape index (κ3) is 10.7. The number of carboxylic acids is 1. The van der Waals surface area contributed by atoms with Crippen LogP contribution in [0.2, 0.25) is 0 Å². The Kier molecular flexibility index (Phi) is 9.71. The molecule has 0 spiro atoms. The van der Waals surface area contributed by atoms with E-state index in [4.69, 9.17) is 23.1 Å². The van der Waals surface area contributed by atoms with Gasteiger partial charge in [-0.1, -0.05) is 24.0 Å². The van der Waals surface area contributed by atoms with Crippen molar-refractivity contribution in [2.75, 3.05) is 24.3 Å². The summed E-state index contributed by atoms with van der Waals surface area (Å²) in [6, 6.07) is -0.887. The zero-order valence-corrected chi connectivity index (χ0v) is 12.1. The molecule has 8 heteroatoms. The number of carbonyl (C=O) groups is 1. The van der Waals surface area contributed by atoms with Crippen LogP contribution in [0.25, 0.3) is 0 Å². The van der Waals surface area contributed by atoms with Gasteiger partial charge in [-0.25, -0.2) is 0 Å². The molecule has 17 heavy (non-hydrogen) atoms. The third-order valence-corrected chi connectivity index (χ3v) is 4.13. The first kappa shape index (κ1) is 16.8. The maximum absolute atomic E-state index is 10.8. The van der Waals surface area contributed by atoms with Crippen LogP contribution in [0.1, 0.15) is 12.8 Å². The molecule has 2 atom stereocenters. The summed E-state index contributed by atoms with van der Waals surface area (Å²) in [6.07, 6.45) is 3.46. The van der Waals surface area contributed by atoms with E-state index in [1.54, 1.807) is 6.26 Å². The molecule has 0 aliphatic heterocycles. The minimum absolute atomic E-state index is 0.264. The van der Waals surface area contributed by atoms with Gasteiger partial charge in [0, 0.05) is 35.1 Å². The van der Waals surface area contributed by atoms with Crippen molar-refractivity contribution in [3.8, 4) is 0 Å². The van der Waals surface area contributed by atoms with Crippen molar-refractivity contribution in [3.05, 3.63) is 0 Å². The highest BCUT2D eigenvalue weighted by atomic mass is 32.2. The van der Waals surface area contributed by atoms with Gasteiger partial charge in [0.1, 0.15) is 10.4 Å². The van der Waals surface area contributed by atoms with E-state index in [-0.39, 0.29) is 5.75 Å². The van der Waals surface area contributed by atoms with E-state index in [0.717, 1.165) is 12.8 Å². The minimum Gasteiger partial charge on any atom is -0.480 e. The van der Waals surface area contributed by atoms with Gasteiger partial charge in [-0.05, 0) is 12.8 Å². The van der Waals surface area contributed by atoms with E-state index in [9.17, 15) is 9.00 Å². The Morgan fingerprint density at radius 1 is 1.59 bits per heavy atom. The summed E-state index contributed by atoms with van der Waals surface area (Å²) in [6.45, 7) is 0.714. The second-order valence-corrected chi connectivity index (χ2v) is 6.71. The summed E-state index contributed by atoms with van der Waals surface area (Å²) in [7, 11) is -0.742. The summed E-state index contributed by atoms with van der Waals surface area (Å²) in [5.74, 6) is -0.0586. The molecule has 0 aromatic heterocycles. The summed E-state index contributed by atoms with van der Waals surface area (Å²) in [5, 5.41) is 11.6. The molecular formula is C9H18N2O3S3. The molecule has 0 saturated carbocycles. The first-order valence-electron chi connectivity index (χ1n) is 5.12. The fraction of sp³-hybridized carbons (Fsp3) is 0.778. The van der Waals surface area contributed by atoms with Crippen LogP contribution in [0.4, 0.5) is 0 Å². The first-order chi connectivity index (χ1) is 7.93. The van der Waals surface area contributed by atoms with Crippen molar-refractivity contribution < 1.29 is 14.1 Å². The number of hydrogen-bond acceptors (Lipinski definition) is 5. The Morgan fingerprint density at radius 2 is 2.24 bits per heavy atom. The van der Waals surface area contributed by atoms with Gasteiger partial charge >= 0.3 is 5.97 Å². The highest BCUT2D eigenvalue weighted by Crippen LogP contribution is 2.04. The maximum atomic E-state index is 10.8. The van der Waals surface area contributed by atoms with Crippen LogP contribution in [-0.2, 0) is 15.6 Å². The second kappa shape index (κ2) is 9.81. The molecule has 0 radical (unpaired) electrons. The van der Waals surface area contributed by atoms with E-state index in [1.165, 1.54) is 11.8 Å². The molecule has 100 valence electrons. The van der Waals surface area contributed by atoms with Gasteiger partial charge < -0.3 is 16.2 Å². The summed E-state index contributed by atoms with van der Waals surface area (Å²) < 4.78 is 11.3. The van der Waals surface area contributed by atoms with Crippen molar-refractivity contribution in [2.45, 2.75) is 18.9 Å². The molecule has 0 aliphatic carbocycles. The number of unbranched alkanes of at least 4 members (excludes halogenated alkanes) is 1. The smallest absolute Gasteiger partial charge is 0.321 e. The lowest BCUT2D eigenvalue weighted by atomic mass is 10.3. The Bertz CT molecular complexity index is 287. The Morgan fingerprint density at radius 3 is 2.76 bits per heavy atom. The Balaban J connectivity index is 3.47. The molecule has 0 fully saturated rings. The van der Waals surface area contributed by atoms with E-state index in [1.807, 2.05) is 0 Å². The quantitative estimate of drug-likeness (QED) is 0.434. The molecule has 0 aromatic rings. The second-order valence-electron chi connectivity index (χ2n) is 3.45. The molecule has 2 unspecified atom stereocenters. The number of thioether (sulfide) groups is 1. The van der Waals surface area contributed by atoms with E-state index in [0.29, 0.717) is 16.6 Å². The molecule has 4 N–H and O–H groups in total. The topological polar surface area (TPSA) is 92.4 Å². The fourth-order valence-corrected chi connectivity index (χ4v) is 2.50. The highest BCUT2D eigenvalue weighted by Gasteiger charge is 2.12. The van der Waals surface area contributed by atoms with Gasteiger partial charge in [0.2, 0.25) is 0 Å². The molecule has 0 aliphatic rings. The van der Waals surface area contributed by atoms with E-state index >= 15 is 0 Å². The van der Waals surface area contributed by atoms with Crippen molar-refractivity contribution in [3.63, 3.8) is 0 Å². The number of rotatable bonds is 8. The van der Waals surface area contributed by atoms with Gasteiger partial charge in [-0.2, -0.15) is 0 Å². The molecule has 5 nitrogen and oxygen atoms in total. The maximum Gasteiger partial charge on any atom is 0.321 e. The fourth-order valence-electron chi connectivity index (χ4n) is 0.909. The molecule has 0 aromatic carbocycles. The summed E-state index contributed by atoms with van der Waals surface area (Å²) in [4.78, 5) is 10.4. The van der Waals surface area contributed by atoms with E-state index in [2.05, 4.69) is 5.32 Å². The zero-order chi connectivity index (χ0) is 13.3. The normalized spacial score (nSPS) is 14.0. The molecule has 0 bridgehead atoms. The number of nitrogens with one attached hydrogen (secondary N) is 1. The lowest BCUT2D eigenvalue weighted by molar-refractivity contribution is -0.137. The number of nitrogens with two attached hydrogens (primary N) is 1. The number of carboxylic acid groups (broad SMARTS) is 1. The van der Waals surface area contributed by atoms with Gasteiger partial charge in [-0.15, -0.1) is 0 Å². The summed E-state index contributed by atoms with van der Waals surface area (Å²) in [5.41, 5.74) is 5.33. The molecule has 0 saturated heterocycles.